The standard InChI is InChI=1S/C18H36N2O/c1-6-20(7-2)12-10-19-11-13-21-16-14-15-8-9-18(16,5)17(15,3)4/h15-16,19H,6-14H2,1-5H3. The van der Waals surface area contributed by atoms with Crippen LogP contribution in [0.4, 0.5) is 0 Å². The lowest BCUT2D eigenvalue weighted by Gasteiger charge is -2.39. The molecular weight excluding hydrogens is 260 g/mol. The molecule has 0 spiro atoms. The second-order valence-corrected chi connectivity index (χ2v) is 7.75. The fourth-order valence-electron chi connectivity index (χ4n) is 4.56. The van der Waals surface area contributed by atoms with E-state index in [9.17, 15) is 0 Å². The molecule has 2 saturated carbocycles. The Labute approximate surface area is 131 Å². The van der Waals surface area contributed by atoms with Crippen molar-refractivity contribution in [2.24, 2.45) is 16.7 Å². The van der Waals surface area contributed by atoms with Crippen molar-refractivity contribution in [3.8, 4) is 0 Å². The van der Waals surface area contributed by atoms with Gasteiger partial charge in [-0.25, -0.2) is 0 Å². The minimum atomic E-state index is 0.402. The number of ether oxygens (including phenoxy) is 1. The van der Waals surface area contributed by atoms with Gasteiger partial charge in [0.2, 0.25) is 0 Å². The molecule has 0 aromatic carbocycles. The zero-order valence-electron chi connectivity index (χ0n) is 14.9. The van der Waals surface area contributed by atoms with E-state index in [4.69, 9.17) is 4.74 Å². The third kappa shape index (κ3) is 3.30. The van der Waals surface area contributed by atoms with Crippen molar-refractivity contribution in [2.75, 3.05) is 39.3 Å². The van der Waals surface area contributed by atoms with Crippen LogP contribution in [0.15, 0.2) is 0 Å². The van der Waals surface area contributed by atoms with E-state index in [-0.39, 0.29) is 0 Å². The molecule has 0 saturated heterocycles. The maximum Gasteiger partial charge on any atom is 0.0637 e. The molecule has 0 aliphatic heterocycles. The SMILES string of the molecule is CCN(CC)CCNCCOC1CC2CCC1(C)C2(C)C. The van der Waals surface area contributed by atoms with Crippen LogP contribution in [0.1, 0.15) is 53.9 Å². The van der Waals surface area contributed by atoms with Gasteiger partial charge in [-0.15, -0.1) is 0 Å². The van der Waals surface area contributed by atoms with Gasteiger partial charge in [-0.3, -0.25) is 0 Å². The lowest BCUT2D eigenvalue weighted by atomic mass is 9.70. The molecule has 3 nitrogen and oxygen atoms in total. The van der Waals surface area contributed by atoms with Crippen molar-refractivity contribution in [1.82, 2.24) is 10.2 Å². The molecule has 124 valence electrons. The molecule has 3 heteroatoms. The van der Waals surface area contributed by atoms with Crippen molar-refractivity contribution < 1.29 is 4.74 Å². The monoisotopic (exact) mass is 296 g/mol. The van der Waals surface area contributed by atoms with Gasteiger partial charge in [-0.05, 0) is 49.1 Å². The molecule has 2 rings (SSSR count). The lowest BCUT2D eigenvalue weighted by molar-refractivity contribution is -0.0449. The molecule has 0 heterocycles. The highest BCUT2D eigenvalue weighted by molar-refractivity contribution is 5.11. The molecule has 2 aliphatic carbocycles. The molecule has 2 bridgehead atoms. The first-order valence-corrected chi connectivity index (χ1v) is 9.00. The van der Waals surface area contributed by atoms with Crippen LogP contribution >= 0.6 is 0 Å². The summed E-state index contributed by atoms with van der Waals surface area (Å²) < 4.78 is 6.26. The molecular formula is C18H36N2O. The molecule has 0 radical (unpaired) electrons. The van der Waals surface area contributed by atoms with E-state index in [1.165, 1.54) is 19.3 Å². The van der Waals surface area contributed by atoms with Gasteiger partial charge < -0.3 is 15.0 Å². The number of fused-ring (bicyclic) bond motifs is 2. The predicted molar refractivity (Wildman–Crippen MR) is 89.6 cm³/mol. The Bertz CT molecular complexity index is 327. The zero-order chi connectivity index (χ0) is 15.5. The number of likely N-dealkylation sites (N-methyl/N-ethyl adjacent to an activating group) is 1. The number of hydrogen-bond donors (Lipinski definition) is 1. The minimum Gasteiger partial charge on any atom is -0.376 e. The van der Waals surface area contributed by atoms with E-state index in [1.807, 2.05) is 0 Å². The van der Waals surface area contributed by atoms with Crippen LogP contribution in [0.2, 0.25) is 0 Å². The lowest BCUT2D eigenvalue weighted by Crippen LogP contribution is -2.39. The van der Waals surface area contributed by atoms with Gasteiger partial charge >= 0.3 is 0 Å². The Morgan fingerprint density at radius 2 is 1.86 bits per heavy atom. The van der Waals surface area contributed by atoms with Gasteiger partial charge in [-0.2, -0.15) is 0 Å². The molecule has 0 amide bonds. The smallest absolute Gasteiger partial charge is 0.0637 e. The van der Waals surface area contributed by atoms with E-state index in [0.29, 0.717) is 16.9 Å². The van der Waals surface area contributed by atoms with Crippen LogP contribution in [-0.4, -0.2) is 50.3 Å². The summed E-state index contributed by atoms with van der Waals surface area (Å²) in [6, 6.07) is 0. The second kappa shape index (κ2) is 6.97. The summed E-state index contributed by atoms with van der Waals surface area (Å²) in [5.41, 5.74) is 0.868. The van der Waals surface area contributed by atoms with E-state index in [0.717, 1.165) is 45.2 Å². The van der Waals surface area contributed by atoms with E-state index in [2.05, 4.69) is 44.8 Å². The van der Waals surface area contributed by atoms with Gasteiger partial charge in [0.05, 0.1) is 12.7 Å². The van der Waals surface area contributed by atoms with Crippen molar-refractivity contribution >= 4 is 0 Å². The number of rotatable bonds is 9. The fourth-order valence-corrected chi connectivity index (χ4v) is 4.56. The average molecular weight is 296 g/mol. The summed E-state index contributed by atoms with van der Waals surface area (Å²) in [6.45, 7) is 18.2. The van der Waals surface area contributed by atoms with Crippen LogP contribution in [0.25, 0.3) is 0 Å². The number of hydrogen-bond acceptors (Lipinski definition) is 3. The molecule has 2 fully saturated rings. The largest absolute Gasteiger partial charge is 0.376 e. The Morgan fingerprint density at radius 3 is 2.38 bits per heavy atom. The molecule has 2 aliphatic rings. The van der Waals surface area contributed by atoms with Gasteiger partial charge in [0.15, 0.2) is 0 Å². The van der Waals surface area contributed by atoms with Gasteiger partial charge in [-0.1, -0.05) is 34.6 Å². The Hall–Kier alpha value is -0.120. The first kappa shape index (κ1) is 17.2. The van der Waals surface area contributed by atoms with Crippen LogP contribution < -0.4 is 5.32 Å². The second-order valence-electron chi connectivity index (χ2n) is 7.75. The Morgan fingerprint density at radius 1 is 1.14 bits per heavy atom. The topological polar surface area (TPSA) is 24.5 Å². The van der Waals surface area contributed by atoms with Crippen LogP contribution in [0.3, 0.4) is 0 Å². The van der Waals surface area contributed by atoms with Gasteiger partial charge in [0, 0.05) is 19.6 Å². The van der Waals surface area contributed by atoms with Crippen molar-refractivity contribution in [2.45, 2.75) is 60.0 Å². The maximum atomic E-state index is 6.26. The normalized spacial score (nSPS) is 34.0. The first-order valence-electron chi connectivity index (χ1n) is 9.00. The van der Waals surface area contributed by atoms with E-state index >= 15 is 0 Å². The average Bonchev–Trinajstić information content (AvgIpc) is 2.79. The van der Waals surface area contributed by atoms with E-state index in [1.54, 1.807) is 0 Å². The highest BCUT2D eigenvalue weighted by Gasteiger charge is 2.61. The maximum absolute atomic E-state index is 6.26. The Balaban J connectivity index is 1.62. The summed E-state index contributed by atoms with van der Waals surface area (Å²) in [5, 5.41) is 3.52. The summed E-state index contributed by atoms with van der Waals surface area (Å²) >= 11 is 0. The molecule has 21 heavy (non-hydrogen) atoms. The molecule has 0 aromatic rings. The predicted octanol–water partition coefficient (Wildman–Crippen LogP) is 3.15. The summed E-state index contributed by atoms with van der Waals surface area (Å²) in [6.07, 6.45) is 4.52. The highest BCUT2D eigenvalue weighted by atomic mass is 16.5. The fraction of sp³-hybridized carbons (Fsp3) is 1.00. The van der Waals surface area contributed by atoms with Gasteiger partial charge in [0.1, 0.15) is 0 Å². The third-order valence-corrected chi connectivity index (χ3v) is 6.81. The van der Waals surface area contributed by atoms with Crippen LogP contribution in [0.5, 0.6) is 0 Å². The highest BCUT2D eigenvalue weighted by Crippen LogP contribution is 2.66. The first-order chi connectivity index (χ1) is 9.95. The van der Waals surface area contributed by atoms with E-state index < -0.39 is 0 Å². The Kier molecular flexibility index (Phi) is 5.72. The zero-order valence-corrected chi connectivity index (χ0v) is 14.9. The molecule has 3 unspecified atom stereocenters. The quantitative estimate of drug-likeness (QED) is 0.662. The molecule has 1 N–H and O–H groups in total. The van der Waals surface area contributed by atoms with Crippen LogP contribution in [-0.2, 0) is 4.74 Å². The van der Waals surface area contributed by atoms with Gasteiger partial charge in [0.25, 0.3) is 0 Å². The summed E-state index contributed by atoms with van der Waals surface area (Å²) in [7, 11) is 0. The summed E-state index contributed by atoms with van der Waals surface area (Å²) in [4.78, 5) is 2.45. The summed E-state index contributed by atoms with van der Waals surface area (Å²) in [5.74, 6) is 0.878. The molecule has 3 atom stereocenters. The number of nitrogens with zero attached hydrogens (tertiary/aromatic N) is 1. The minimum absolute atomic E-state index is 0.402. The van der Waals surface area contributed by atoms with Crippen molar-refractivity contribution in [1.29, 1.82) is 0 Å². The molecule has 0 aromatic heterocycles. The number of nitrogens with one attached hydrogen (secondary N) is 1. The van der Waals surface area contributed by atoms with Crippen LogP contribution in [0, 0.1) is 16.7 Å². The third-order valence-electron chi connectivity index (χ3n) is 6.81. The van der Waals surface area contributed by atoms with Crippen molar-refractivity contribution in [3.63, 3.8) is 0 Å². The van der Waals surface area contributed by atoms with Crippen molar-refractivity contribution in [3.05, 3.63) is 0 Å².